The molecule has 3 rings (SSSR count). The number of carbonyl (C=O) groups is 1. The van der Waals surface area contributed by atoms with Gasteiger partial charge in [-0.1, -0.05) is 54.8 Å². The van der Waals surface area contributed by atoms with E-state index in [0.29, 0.717) is 12.6 Å². The number of nitrogens with zero attached hydrogens (tertiary/aromatic N) is 3. The van der Waals surface area contributed by atoms with Crippen LogP contribution in [0.3, 0.4) is 0 Å². The lowest BCUT2D eigenvalue weighted by molar-refractivity contribution is -0.116. The highest BCUT2D eigenvalue weighted by atomic mass is 16.1. The minimum atomic E-state index is -0.124. The van der Waals surface area contributed by atoms with Gasteiger partial charge < -0.3 is 5.32 Å². The molecule has 1 aliphatic carbocycles. The summed E-state index contributed by atoms with van der Waals surface area (Å²) in [6.45, 7) is 0.527. The van der Waals surface area contributed by atoms with Crippen molar-refractivity contribution < 1.29 is 4.79 Å². The van der Waals surface area contributed by atoms with Crippen molar-refractivity contribution in [2.75, 3.05) is 0 Å². The maximum absolute atomic E-state index is 11.8. The van der Waals surface area contributed by atoms with E-state index >= 15 is 0 Å². The highest BCUT2D eigenvalue weighted by molar-refractivity contribution is 5.91. The third-order valence-corrected chi connectivity index (χ3v) is 4.19. The highest BCUT2D eigenvalue weighted by Gasteiger charge is 2.16. The zero-order valence-electron chi connectivity index (χ0n) is 13.2. The van der Waals surface area contributed by atoms with E-state index in [1.165, 1.54) is 38.2 Å². The number of nitrogens with one attached hydrogen (secondary N) is 1. The molecule has 1 saturated carbocycles. The Bertz CT molecular complexity index is 657. The molecule has 1 fully saturated rings. The topological polar surface area (TPSA) is 59.8 Å². The molecule has 0 saturated heterocycles. The maximum Gasteiger partial charge on any atom is 0.244 e. The second kappa shape index (κ2) is 7.72. The van der Waals surface area contributed by atoms with E-state index in [9.17, 15) is 4.79 Å². The van der Waals surface area contributed by atoms with Crippen LogP contribution < -0.4 is 5.32 Å². The first-order valence-corrected chi connectivity index (χ1v) is 8.23. The third kappa shape index (κ3) is 4.52. The standard InChI is InChI=1S/C18H22N4O/c23-18(19-13-15-7-3-1-4-8-15)12-11-16-14-22(21-20-16)17-9-5-2-6-10-17/h1,3-4,7-8,11-12,14,17H,2,5-6,9-10,13H2,(H,19,23)/b12-11+. The van der Waals surface area contributed by atoms with Crippen LogP contribution in [0.25, 0.3) is 6.08 Å². The zero-order chi connectivity index (χ0) is 15.9. The summed E-state index contributed by atoms with van der Waals surface area (Å²) >= 11 is 0. The number of carbonyl (C=O) groups excluding carboxylic acids is 1. The average Bonchev–Trinajstić information content (AvgIpc) is 3.09. The van der Waals surface area contributed by atoms with E-state index in [1.807, 2.05) is 41.2 Å². The smallest absolute Gasteiger partial charge is 0.244 e. The van der Waals surface area contributed by atoms with Crippen molar-refractivity contribution in [3.63, 3.8) is 0 Å². The Morgan fingerprint density at radius 3 is 2.78 bits per heavy atom. The number of rotatable bonds is 5. The molecule has 1 amide bonds. The number of hydrogen-bond donors (Lipinski definition) is 1. The third-order valence-electron chi connectivity index (χ3n) is 4.19. The molecule has 5 nitrogen and oxygen atoms in total. The van der Waals surface area contributed by atoms with Crippen molar-refractivity contribution in [3.05, 3.63) is 53.9 Å². The summed E-state index contributed by atoms with van der Waals surface area (Å²) in [5.41, 5.74) is 1.81. The lowest BCUT2D eigenvalue weighted by Crippen LogP contribution is -2.20. The van der Waals surface area contributed by atoms with E-state index in [1.54, 1.807) is 6.08 Å². The Morgan fingerprint density at radius 2 is 2.00 bits per heavy atom. The summed E-state index contributed by atoms with van der Waals surface area (Å²) in [4.78, 5) is 11.8. The average molecular weight is 310 g/mol. The molecule has 1 aliphatic rings. The van der Waals surface area contributed by atoms with Gasteiger partial charge in [-0.25, -0.2) is 4.68 Å². The minimum absolute atomic E-state index is 0.124. The Kier molecular flexibility index (Phi) is 5.19. The number of amides is 1. The van der Waals surface area contributed by atoms with Crippen molar-refractivity contribution in [2.45, 2.75) is 44.7 Å². The molecule has 0 radical (unpaired) electrons. The van der Waals surface area contributed by atoms with Crippen LogP contribution in [-0.4, -0.2) is 20.9 Å². The number of benzene rings is 1. The summed E-state index contributed by atoms with van der Waals surface area (Å²) in [7, 11) is 0. The van der Waals surface area contributed by atoms with Crippen LogP contribution in [0.4, 0.5) is 0 Å². The summed E-state index contributed by atoms with van der Waals surface area (Å²) in [6, 6.07) is 10.3. The molecule has 120 valence electrons. The van der Waals surface area contributed by atoms with Crippen LogP contribution in [0.2, 0.25) is 0 Å². The molecule has 0 unspecified atom stereocenters. The second-order valence-electron chi connectivity index (χ2n) is 5.95. The van der Waals surface area contributed by atoms with Gasteiger partial charge in [-0.2, -0.15) is 0 Å². The first-order chi connectivity index (χ1) is 11.3. The van der Waals surface area contributed by atoms with Crippen LogP contribution >= 0.6 is 0 Å². The molecule has 0 bridgehead atoms. The number of hydrogen-bond acceptors (Lipinski definition) is 3. The molecule has 23 heavy (non-hydrogen) atoms. The monoisotopic (exact) mass is 310 g/mol. The van der Waals surface area contributed by atoms with Gasteiger partial charge in [-0.15, -0.1) is 5.10 Å². The predicted octanol–water partition coefficient (Wildman–Crippen LogP) is 3.11. The van der Waals surface area contributed by atoms with E-state index in [0.717, 1.165) is 11.3 Å². The van der Waals surface area contributed by atoms with Gasteiger partial charge in [-0.3, -0.25) is 4.79 Å². The Hall–Kier alpha value is -2.43. The Balaban J connectivity index is 1.51. The zero-order valence-corrected chi connectivity index (χ0v) is 13.2. The van der Waals surface area contributed by atoms with E-state index in [4.69, 9.17) is 0 Å². The van der Waals surface area contributed by atoms with E-state index < -0.39 is 0 Å². The molecule has 1 aromatic heterocycles. The SMILES string of the molecule is O=C(/C=C/c1cn(C2CCCCC2)nn1)NCc1ccccc1. The fraction of sp³-hybridized carbons (Fsp3) is 0.389. The summed E-state index contributed by atoms with van der Waals surface area (Å²) < 4.78 is 1.95. The molecule has 5 heteroatoms. The van der Waals surface area contributed by atoms with Crippen LogP contribution in [0.15, 0.2) is 42.6 Å². The molecule has 1 heterocycles. The van der Waals surface area contributed by atoms with E-state index in [-0.39, 0.29) is 5.91 Å². The Labute approximate surface area is 136 Å². The predicted molar refractivity (Wildman–Crippen MR) is 89.5 cm³/mol. The molecule has 0 spiro atoms. The maximum atomic E-state index is 11.8. The van der Waals surface area contributed by atoms with Gasteiger partial charge in [0.2, 0.25) is 5.91 Å². The summed E-state index contributed by atoms with van der Waals surface area (Å²) in [5.74, 6) is -0.124. The van der Waals surface area contributed by atoms with Crippen LogP contribution in [0, 0.1) is 0 Å². The number of aromatic nitrogens is 3. The fourth-order valence-electron chi connectivity index (χ4n) is 2.90. The summed E-state index contributed by atoms with van der Waals surface area (Å²) in [6.07, 6.45) is 11.3. The van der Waals surface area contributed by atoms with Gasteiger partial charge in [0.1, 0.15) is 5.69 Å². The quantitative estimate of drug-likeness (QED) is 0.863. The van der Waals surface area contributed by atoms with Crippen molar-refractivity contribution in [3.8, 4) is 0 Å². The lowest BCUT2D eigenvalue weighted by atomic mass is 9.96. The van der Waals surface area contributed by atoms with Gasteiger partial charge in [0.05, 0.1) is 12.2 Å². The summed E-state index contributed by atoms with van der Waals surface area (Å²) in [5, 5.41) is 11.2. The van der Waals surface area contributed by atoms with Crippen molar-refractivity contribution in [2.24, 2.45) is 0 Å². The molecule has 1 N–H and O–H groups in total. The van der Waals surface area contributed by atoms with Gasteiger partial charge in [-0.05, 0) is 24.5 Å². The molecular formula is C18H22N4O. The largest absolute Gasteiger partial charge is 0.348 e. The molecule has 0 aliphatic heterocycles. The van der Waals surface area contributed by atoms with Crippen LogP contribution in [0.1, 0.15) is 49.4 Å². The van der Waals surface area contributed by atoms with Gasteiger partial charge in [0, 0.05) is 12.6 Å². The van der Waals surface area contributed by atoms with Crippen LogP contribution in [-0.2, 0) is 11.3 Å². The lowest BCUT2D eigenvalue weighted by Gasteiger charge is -2.20. The minimum Gasteiger partial charge on any atom is -0.348 e. The van der Waals surface area contributed by atoms with Crippen molar-refractivity contribution in [1.82, 2.24) is 20.3 Å². The second-order valence-corrected chi connectivity index (χ2v) is 5.95. The van der Waals surface area contributed by atoms with Crippen molar-refractivity contribution >= 4 is 12.0 Å². The fourth-order valence-corrected chi connectivity index (χ4v) is 2.90. The highest BCUT2D eigenvalue weighted by Crippen LogP contribution is 2.27. The van der Waals surface area contributed by atoms with Gasteiger partial charge in [0.15, 0.2) is 0 Å². The van der Waals surface area contributed by atoms with Crippen LogP contribution in [0.5, 0.6) is 0 Å². The molecule has 1 aromatic carbocycles. The van der Waals surface area contributed by atoms with Crippen molar-refractivity contribution in [1.29, 1.82) is 0 Å². The Morgan fingerprint density at radius 1 is 1.22 bits per heavy atom. The van der Waals surface area contributed by atoms with E-state index in [2.05, 4.69) is 15.6 Å². The molecular weight excluding hydrogens is 288 g/mol. The molecule has 2 aromatic rings. The van der Waals surface area contributed by atoms with Gasteiger partial charge in [0.25, 0.3) is 0 Å². The molecule has 0 atom stereocenters. The first kappa shape index (κ1) is 15.5. The first-order valence-electron chi connectivity index (χ1n) is 8.23. The van der Waals surface area contributed by atoms with Gasteiger partial charge >= 0.3 is 0 Å². The normalized spacial score (nSPS) is 15.8.